The van der Waals surface area contributed by atoms with Gasteiger partial charge in [0.2, 0.25) is 0 Å². The van der Waals surface area contributed by atoms with Gasteiger partial charge in [0.05, 0.1) is 22.1 Å². The van der Waals surface area contributed by atoms with Crippen molar-refractivity contribution in [2.75, 3.05) is 0 Å². The van der Waals surface area contributed by atoms with Gasteiger partial charge in [0, 0.05) is 37.9 Å². The Hall–Kier alpha value is -6.72. The van der Waals surface area contributed by atoms with Crippen LogP contribution in [0.2, 0.25) is 0 Å². The van der Waals surface area contributed by atoms with Crippen LogP contribution in [0, 0.1) is 0 Å². The highest BCUT2D eigenvalue weighted by Crippen LogP contribution is 2.50. The summed E-state index contributed by atoms with van der Waals surface area (Å²) in [4.78, 5) is 10.7. The number of benzene rings is 7. The molecule has 0 amide bonds. The first-order valence-electron chi connectivity index (χ1n) is 16.5. The molecule has 0 N–H and O–H groups in total. The fourth-order valence-corrected chi connectivity index (χ4v) is 8.31. The van der Waals surface area contributed by atoms with Gasteiger partial charge in [0.25, 0.3) is 0 Å². The Labute approximate surface area is 277 Å². The van der Waals surface area contributed by atoms with Gasteiger partial charge in [-0.2, -0.15) is 0 Å². The zero-order valence-electron chi connectivity index (χ0n) is 25.9. The number of hydrogen-bond donors (Lipinski definition) is 0. The van der Waals surface area contributed by atoms with Crippen molar-refractivity contribution in [1.82, 2.24) is 14.5 Å². The molecule has 8 aromatic carbocycles. The zero-order valence-corrected chi connectivity index (χ0v) is 25.9. The molecule has 0 unspecified atom stereocenters. The van der Waals surface area contributed by atoms with E-state index in [1.807, 2.05) is 36.4 Å². The molecular weight excluding hydrogens is 603 g/mol. The molecule has 4 aromatic heterocycles. The molecule has 0 atom stereocenters. The lowest BCUT2D eigenvalue weighted by atomic mass is 9.93. The van der Waals surface area contributed by atoms with Crippen molar-refractivity contribution < 1.29 is 8.83 Å². The van der Waals surface area contributed by atoms with Gasteiger partial charge in [-0.25, -0.2) is 9.97 Å². The summed E-state index contributed by atoms with van der Waals surface area (Å²) in [7, 11) is 0. The second kappa shape index (κ2) is 9.00. The van der Waals surface area contributed by atoms with Crippen LogP contribution in [0.3, 0.4) is 0 Å². The van der Waals surface area contributed by atoms with E-state index in [2.05, 4.69) is 108 Å². The van der Waals surface area contributed by atoms with Crippen LogP contribution >= 0.6 is 0 Å². The van der Waals surface area contributed by atoms with Crippen molar-refractivity contribution in [1.29, 1.82) is 0 Å². The number of nitrogens with zero attached hydrogens (tertiary/aromatic N) is 3. The highest BCUT2D eigenvalue weighted by Gasteiger charge is 2.28. The maximum absolute atomic E-state index is 6.88. The number of furan rings is 2. The van der Waals surface area contributed by atoms with E-state index in [1.54, 1.807) is 0 Å². The smallest absolute Gasteiger partial charge is 0.165 e. The lowest BCUT2D eigenvalue weighted by Gasteiger charge is -2.14. The van der Waals surface area contributed by atoms with Crippen LogP contribution in [-0.2, 0) is 0 Å². The van der Waals surface area contributed by atoms with Crippen molar-refractivity contribution >= 4 is 98.3 Å². The van der Waals surface area contributed by atoms with E-state index in [-0.39, 0.29) is 0 Å². The topological polar surface area (TPSA) is 57.0 Å². The summed E-state index contributed by atoms with van der Waals surface area (Å²) < 4.78 is 15.8. The van der Waals surface area contributed by atoms with Crippen LogP contribution < -0.4 is 0 Å². The predicted molar refractivity (Wildman–Crippen MR) is 200 cm³/mol. The fourth-order valence-electron chi connectivity index (χ4n) is 8.31. The molecule has 5 heteroatoms. The summed E-state index contributed by atoms with van der Waals surface area (Å²) >= 11 is 0. The Balaban J connectivity index is 1.45. The van der Waals surface area contributed by atoms with E-state index < -0.39 is 0 Å². The molecule has 4 heterocycles. The van der Waals surface area contributed by atoms with Gasteiger partial charge < -0.3 is 8.83 Å². The average molecular weight is 626 g/mol. The van der Waals surface area contributed by atoms with Crippen LogP contribution in [0.25, 0.3) is 115 Å². The third-order valence-corrected chi connectivity index (χ3v) is 10.3. The van der Waals surface area contributed by atoms with Gasteiger partial charge in [-0.3, -0.25) is 4.57 Å². The normalized spacial score (nSPS) is 12.5. The quantitative estimate of drug-likeness (QED) is 0.192. The second-order valence-corrected chi connectivity index (χ2v) is 12.9. The Kier molecular flexibility index (Phi) is 4.66. The monoisotopic (exact) mass is 625 g/mol. The lowest BCUT2D eigenvalue weighted by molar-refractivity contribution is 0.669. The molecule has 0 spiro atoms. The van der Waals surface area contributed by atoms with Crippen LogP contribution in [-0.4, -0.2) is 14.5 Å². The van der Waals surface area contributed by atoms with Crippen LogP contribution in [0.15, 0.2) is 148 Å². The minimum Gasteiger partial charge on any atom is -0.456 e. The van der Waals surface area contributed by atoms with Crippen molar-refractivity contribution in [2.24, 2.45) is 0 Å². The summed E-state index contributed by atoms with van der Waals surface area (Å²) in [5, 5.41) is 11.3. The summed E-state index contributed by atoms with van der Waals surface area (Å²) in [5.74, 6) is 0.753. The van der Waals surface area contributed by atoms with Gasteiger partial charge >= 0.3 is 0 Å². The molecule has 5 nitrogen and oxygen atoms in total. The molecule has 0 aliphatic rings. The minimum atomic E-state index is 0.753. The van der Waals surface area contributed by atoms with Crippen molar-refractivity contribution in [2.45, 2.75) is 0 Å². The molecule has 0 aliphatic heterocycles. The molecule has 0 fully saturated rings. The zero-order chi connectivity index (χ0) is 31.8. The standard InChI is InChI=1S/C44H23N3O2/c1-2-11-24(12-3-1)41-44(46-32-18-8-7-17-31(32)45-41)47-33-21-22-36-40-37-28(16-10-20-35(37)48-36)25-13-4-5-14-26(25)29-23-30-27-15-6-9-19-34(27)49-43(30)42(47)38(29)39(33)40/h1-23H. The molecule has 0 radical (unpaired) electrons. The Morgan fingerprint density at radius 2 is 1.10 bits per heavy atom. The van der Waals surface area contributed by atoms with Gasteiger partial charge in [-0.1, -0.05) is 97.1 Å². The Morgan fingerprint density at radius 3 is 1.96 bits per heavy atom. The van der Waals surface area contributed by atoms with E-state index in [1.165, 1.54) is 16.2 Å². The average Bonchev–Trinajstić information content (AvgIpc) is 3.83. The number of hydrogen-bond acceptors (Lipinski definition) is 4. The predicted octanol–water partition coefficient (Wildman–Crippen LogP) is 11.9. The summed E-state index contributed by atoms with van der Waals surface area (Å²) in [6.45, 7) is 0. The van der Waals surface area contributed by atoms with Gasteiger partial charge in [-0.05, 0) is 64.0 Å². The summed E-state index contributed by atoms with van der Waals surface area (Å²) in [6, 6.07) is 48.6. The maximum Gasteiger partial charge on any atom is 0.165 e. The second-order valence-electron chi connectivity index (χ2n) is 12.9. The molecule has 0 saturated carbocycles. The molecule has 0 bridgehead atoms. The lowest BCUT2D eigenvalue weighted by Crippen LogP contribution is -2.03. The summed E-state index contributed by atoms with van der Waals surface area (Å²) in [6.07, 6.45) is 0. The molecule has 0 aliphatic carbocycles. The van der Waals surface area contributed by atoms with Crippen molar-refractivity contribution in [3.63, 3.8) is 0 Å². The van der Waals surface area contributed by atoms with E-state index in [0.717, 1.165) is 99.2 Å². The van der Waals surface area contributed by atoms with Crippen molar-refractivity contribution in [3.05, 3.63) is 140 Å². The molecular formula is C44H23N3O2. The third-order valence-electron chi connectivity index (χ3n) is 10.3. The summed E-state index contributed by atoms with van der Waals surface area (Å²) in [5.41, 5.74) is 8.88. The minimum absolute atomic E-state index is 0.753. The van der Waals surface area contributed by atoms with Gasteiger partial charge in [-0.15, -0.1) is 0 Å². The van der Waals surface area contributed by atoms with E-state index in [0.29, 0.717) is 0 Å². The molecule has 226 valence electrons. The molecule has 0 saturated heterocycles. The molecule has 12 rings (SSSR count). The van der Waals surface area contributed by atoms with Gasteiger partial charge in [0.15, 0.2) is 11.4 Å². The molecule has 49 heavy (non-hydrogen) atoms. The maximum atomic E-state index is 6.88. The molecule has 12 aromatic rings. The number of aromatic nitrogens is 3. The first-order valence-corrected chi connectivity index (χ1v) is 16.5. The highest BCUT2D eigenvalue weighted by molar-refractivity contribution is 6.41. The van der Waals surface area contributed by atoms with E-state index in [9.17, 15) is 0 Å². The van der Waals surface area contributed by atoms with Crippen LogP contribution in [0.5, 0.6) is 0 Å². The number of fused-ring (bicyclic) bond motifs is 8. The van der Waals surface area contributed by atoms with Crippen molar-refractivity contribution in [3.8, 4) is 17.1 Å². The number of para-hydroxylation sites is 3. The van der Waals surface area contributed by atoms with Crippen LogP contribution in [0.1, 0.15) is 0 Å². The Morgan fingerprint density at radius 1 is 0.429 bits per heavy atom. The van der Waals surface area contributed by atoms with E-state index in [4.69, 9.17) is 18.8 Å². The third kappa shape index (κ3) is 3.19. The fraction of sp³-hybridized carbons (Fsp3) is 0. The first-order chi connectivity index (χ1) is 24.3. The van der Waals surface area contributed by atoms with Crippen LogP contribution in [0.4, 0.5) is 0 Å². The number of rotatable bonds is 2. The van der Waals surface area contributed by atoms with E-state index >= 15 is 0 Å². The highest BCUT2D eigenvalue weighted by atomic mass is 16.3. The SMILES string of the molecule is c1ccc(-c2nc3ccccc3nc2-n2c3ccc4oc5cccc6c7ccccc7c7cc8c9ccccc9oc8c2c7c3c4c56)cc1. The Bertz CT molecular complexity index is 3330. The largest absolute Gasteiger partial charge is 0.456 e. The first kappa shape index (κ1) is 25.4. The van der Waals surface area contributed by atoms with Gasteiger partial charge in [0.1, 0.15) is 22.4 Å².